The standard InChI is InChI=1S/C19H21N5/c1-14-2-4-15(5-3-14)17-10-19(23-13-22-17)24-8-6-16(7-9-24)18-11-20-12-21-18/h2-5,10-13,16H,6-9H2,1H3,(H,20,21). The maximum atomic E-state index is 4.49. The van der Waals surface area contributed by atoms with Crippen molar-refractivity contribution in [2.24, 2.45) is 0 Å². The third kappa shape index (κ3) is 3.02. The van der Waals surface area contributed by atoms with Gasteiger partial charge in [0, 0.05) is 42.5 Å². The molecule has 4 rings (SSSR count). The summed E-state index contributed by atoms with van der Waals surface area (Å²) in [5.41, 5.74) is 4.62. The van der Waals surface area contributed by atoms with Crippen molar-refractivity contribution in [3.05, 3.63) is 60.4 Å². The average Bonchev–Trinajstić information content (AvgIpc) is 3.17. The Morgan fingerprint density at radius 3 is 2.58 bits per heavy atom. The number of nitrogens with one attached hydrogen (secondary N) is 1. The molecule has 1 aromatic carbocycles. The van der Waals surface area contributed by atoms with Gasteiger partial charge in [-0.2, -0.15) is 0 Å². The van der Waals surface area contributed by atoms with Crippen molar-refractivity contribution in [1.29, 1.82) is 0 Å². The monoisotopic (exact) mass is 319 g/mol. The second-order valence-electron chi connectivity index (χ2n) is 6.40. The van der Waals surface area contributed by atoms with E-state index in [1.807, 2.05) is 6.20 Å². The molecule has 0 spiro atoms. The first-order valence-corrected chi connectivity index (χ1v) is 8.42. The van der Waals surface area contributed by atoms with E-state index >= 15 is 0 Å². The molecule has 3 aromatic rings. The molecule has 0 saturated carbocycles. The van der Waals surface area contributed by atoms with E-state index in [1.54, 1.807) is 12.7 Å². The molecular weight excluding hydrogens is 298 g/mol. The van der Waals surface area contributed by atoms with Gasteiger partial charge in [-0.15, -0.1) is 0 Å². The van der Waals surface area contributed by atoms with E-state index in [9.17, 15) is 0 Å². The molecule has 0 unspecified atom stereocenters. The molecule has 3 heterocycles. The minimum atomic E-state index is 0.571. The van der Waals surface area contributed by atoms with E-state index in [4.69, 9.17) is 0 Å². The average molecular weight is 319 g/mol. The van der Waals surface area contributed by atoms with Gasteiger partial charge in [0.1, 0.15) is 12.1 Å². The number of aryl methyl sites for hydroxylation is 1. The van der Waals surface area contributed by atoms with Gasteiger partial charge in [-0.05, 0) is 19.8 Å². The Hall–Kier alpha value is -2.69. The number of piperidine rings is 1. The summed E-state index contributed by atoms with van der Waals surface area (Å²) in [7, 11) is 0. The number of nitrogens with zero attached hydrogens (tertiary/aromatic N) is 4. The molecule has 5 heteroatoms. The lowest BCUT2D eigenvalue weighted by atomic mass is 9.94. The van der Waals surface area contributed by atoms with E-state index in [1.165, 1.54) is 11.3 Å². The van der Waals surface area contributed by atoms with Crippen LogP contribution in [0.1, 0.15) is 30.0 Å². The Morgan fingerprint density at radius 1 is 1.08 bits per heavy atom. The van der Waals surface area contributed by atoms with Crippen LogP contribution in [0.15, 0.2) is 49.2 Å². The zero-order valence-electron chi connectivity index (χ0n) is 13.8. The third-order valence-electron chi connectivity index (χ3n) is 4.78. The highest BCUT2D eigenvalue weighted by molar-refractivity contribution is 5.62. The lowest BCUT2D eigenvalue weighted by Crippen LogP contribution is -2.33. The van der Waals surface area contributed by atoms with Gasteiger partial charge in [0.05, 0.1) is 12.0 Å². The molecule has 24 heavy (non-hydrogen) atoms. The van der Waals surface area contributed by atoms with E-state index in [0.29, 0.717) is 5.92 Å². The molecule has 0 aliphatic carbocycles. The number of rotatable bonds is 3. The van der Waals surface area contributed by atoms with Gasteiger partial charge in [-0.1, -0.05) is 29.8 Å². The van der Waals surface area contributed by atoms with Crippen molar-refractivity contribution in [1.82, 2.24) is 19.9 Å². The minimum absolute atomic E-state index is 0.571. The summed E-state index contributed by atoms with van der Waals surface area (Å²) in [5, 5.41) is 0. The van der Waals surface area contributed by atoms with Crippen molar-refractivity contribution in [3.63, 3.8) is 0 Å². The van der Waals surface area contributed by atoms with E-state index < -0.39 is 0 Å². The molecule has 0 bridgehead atoms. The van der Waals surface area contributed by atoms with Gasteiger partial charge < -0.3 is 9.88 Å². The summed E-state index contributed by atoms with van der Waals surface area (Å²) in [6, 6.07) is 10.6. The van der Waals surface area contributed by atoms with Crippen LogP contribution in [0.5, 0.6) is 0 Å². The van der Waals surface area contributed by atoms with Gasteiger partial charge in [0.25, 0.3) is 0 Å². The van der Waals surface area contributed by atoms with E-state index in [-0.39, 0.29) is 0 Å². The molecule has 1 fully saturated rings. The summed E-state index contributed by atoms with van der Waals surface area (Å²) in [6.07, 6.45) is 7.62. The minimum Gasteiger partial charge on any atom is -0.356 e. The van der Waals surface area contributed by atoms with Gasteiger partial charge in [-0.25, -0.2) is 15.0 Å². The van der Waals surface area contributed by atoms with Crippen LogP contribution in [-0.2, 0) is 0 Å². The lowest BCUT2D eigenvalue weighted by molar-refractivity contribution is 0.495. The topological polar surface area (TPSA) is 57.7 Å². The lowest BCUT2D eigenvalue weighted by Gasteiger charge is -2.32. The zero-order chi connectivity index (χ0) is 16.4. The molecule has 1 aliphatic rings. The number of hydrogen-bond acceptors (Lipinski definition) is 4. The van der Waals surface area contributed by atoms with E-state index in [0.717, 1.165) is 43.0 Å². The second kappa shape index (κ2) is 6.43. The van der Waals surface area contributed by atoms with Crippen molar-refractivity contribution in [2.75, 3.05) is 18.0 Å². The number of aromatic amines is 1. The molecule has 0 atom stereocenters. The first-order chi connectivity index (χ1) is 11.8. The second-order valence-corrected chi connectivity index (χ2v) is 6.40. The third-order valence-corrected chi connectivity index (χ3v) is 4.78. The van der Waals surface area contributed by atoms with Crippen LogP contribution in [-0.4, -0.2) is 33.0 Å². The molecule has 122 valence electrons. The van der Waals surface area contributed by atoms with Crippen LogP contribution >= 0.6 is 0 Å². The quantitative estimate of drug-likeness (QED) is 0.802. The summed E-state index contributed by atoms with van der Waals surface area (Å²) < 4.78 is 0. The number of H-pyrrole nitrogens is 1. The Kier molecular flexibility index (Phi) is 3.99. The van der Waals surface area contributed by atoms with E-state index in [2.05, 4.69) is 62.1 Å². The molecule has 1 aliphatic heterocycles. The maximum Gasteiger partial charge on any atom is 0.132 e. The zero-order valence-corrected chi connectivity index (χ0v) is 13.8. The van der Waals surface area contributed by atoms with Crippen molar-refractivity contribution in [2.45, 2.75) is 25.7 Å². The first kappa shape index (κ1) is 14.9. The fourth-order valence-electron chi connectivity index (χ4n) is 3.31. The van der Waals surface area contributed by atoms with Crippen LogP contribution in [0.3, 0.4) is 0 Å². The Balaban J connectivity index is 1.49. The van der Waals surface area contributed by atoms with Crippen LogP contribution in [0, 0.1) is 6.92 Å². The molecule has 0 amide bonds. The fraction of sp³-hybridized carbons (Fsp3) is 0.316. The number of benzene rings is 1. The fourth-order valence-corrected chi connectivity index (χ4v) is 3.31. The Labute approximate surface area is 141 Å². The SMILES string of the molecule is Cc1ccc(-c2cc(N3CCC(c4cnc[nH]4)CC3)ncn2)cc1. The molecule has 5 nitrogen and oxygen atoms in total. The molecule has 2 aromatic heterocycles. The summed E-state index contributed by atoms with van der Waals surface area (Å²) in [4.78, 5) is 18.7. The van der Waals surface area contributed by atoms with Gasteiger partial charge in [0.15, 0.2) is 0 Å². The van der Waals surface area contributed by atoms with Crippen LogP contribution in [0.4, 0.5) is 5.82 Å². The summed E-state index contributed by atoms with van der Waals surface area (Å²) >= 11 is 0. The van der Waals surface area contributed by atoms with Crippen molar-refractivity contribution < 1.29 is 0 Å². The molecular formula is C19H21N5. The highest BCUT2D eigenvalue weighted by Gasteiger charge is 2.22. The smallest absolute Gasteiger partial charge is 0.132 e. The van der Waals surface area contributed by atoms with Crippen molar-refractivity contribution in [3.8, 4) is 11.3 Å². The predicted octanol–water partition coefficient (Wildman–Crippen LogP) is 3.56. The molecule has 0 radical (unpaired) electrons. The number of anilines is 1. The van der Waals surface area contributed by atoms with Gasteiger partial charge >= 0.3 is 0 Å². The number of aromatic nitrogens is 4. The highest BCUT2D eigenvalue weighted by atomic mass is 15.2. The number of imidazole rings is 1. The first-order valence-electron chi connectivity index (χ1n) is 8.42. The molecule has 1 N–H and O–H groups in total. The predicted molar refractivity (Wildman–Crippen MR) is 95.0 cm³/mol. The summed E-state index contributed by atoms with van der Waals surface area (Å²) in [5.74, 6) is 1.59. The summed E-state index contributed by atoms with van der Waals surface area (Å²) in [6.45, 7) is 4.11. The van der Waals surface area contributed by atoms with Crippen LogP contribution < -0.4 is 4.90 Å². The highest BCUT2D eigenvalue weighted by Crippen LogP contribution is 2.29. The van der Waals surface area contributed by atoms with Gasteiger partial charge in [-0.3, -0.25) is 0 Å². The van der Waals surface area contributed by atoms with Crippen LogP contribution in [0.2, 0.25) is 0 Å². The van der Waals surface area contributed by atoms with Crippen LogP contribution in [0.25, 0.3) is 11.3 Å². The Morgan fingerprint density at radius 2 is 1.88 bits per heavy atom. The maximum absolute atomic E-state index is 4.49. The largest absolute Gasteiger partial charge is 0.356 e. The normalized spacial score (nSPS) is 15.6. The van der Waals surface area contributed by atoms with Crippen molar-refractivity contribution >= 4 is 5.82 Å². The molecule has 1 saturated heterocycles. The number of hydrogen-bond donors (Lipinski definition) is 1. The Bertz CT molecular complexity index is 787. The van der Waals surface area contributed by atoms with Gasteiger partial charge in [0.2, 0.25) is 0 Å².